The van der Waals surface area contributed by atoms with Gasteiger partial charge in [0.25, 0.3) is 5.91 Å². The molecule has 5 rings (SSSR count). The zero-order valence-corrected chi connectivity index (χ0v) is 14.6. The van der Waals surface area contributed by atoms with Gasteiger partial charge < -0.3 is 18.6 Å². The molecule has 1 fully saturated rings. The summed E-state index contributed by atoms with van der Waals surface area (Å²) in [5.74, 6) is 0.494. The lowest BCUT2D eigenvalue weighted by molar-refractivity contribution is -0.0804. The Bertz CT molecular complexity index is 998. The van der Waals surface area contributed by atoms with Crippen LogP contribution >= 0.6 is 0 Å². The first kappa shape index (κ1) is 16.3. The van der Waals surface area contributed by atoms with Crippen molar-refractivity contribution in [1.29, 1.82) is 0 Å². The zero-order valence-electron chi connectivity index (χ0n) is 14.6. The lowest BCUT2D eigenvalue weighted by Crippen LogP contribution is -2.45. The number of benzene rings is 1. The third-order valence-corrected chi connectivity index (χ3v) is 5.38. The van der Waals surface area contributed by atoms with Gasteiger partial charge in [-0.15, -0.1) is 0 Å². The van der Waals surface area contributed by atoms with Crippen LogP contribution in [-0.4, -0.2) is 39.0 Å². The average Bonchev–Trinajstić information content (AvgIpc) is 3.41. The molecule has 0 bridgehead atoms. The number of nitrogens with zero attached hydrogens (tertiary/aromatic N) is 3. The zero-order chi connectivity index (χ0) is 18.4. The van der Waals surface area contributed by atoms with Crippen LogP contribution in [0, 0.1) is 5.82 Å². The van der Waals surface area contributed by atoms with Gasteiger partial charge in [0.05, 0.1) is 36.8 Å². The number of furan rings is 1. The number of halogens is 1. The van der Waals surface area contributed by atoms with Gasteiger partial charge in [0.15, 0.2) is 0 Å². The minimum atomic E-state index is -0.449. The SMILES string of the molecule is O=C(c1ccoc1)N1CC[C@]2(C1)Cn1c(-c3cccc(F)c3)cnc1CO2. The fourth-order valence-electron chi connectivity index (χ4n) is 3.97. The van der Waals surface area contributed by atoms with Crippen molar-refractivity contribution >= 4 is 5.91 Å². The van der Waals surface area contributed by atoms with E-state index >= 15 is 0 Å². The molecule has 3 aromatic rings. The van der Waals surface area contributed by atoms with Crippen molar-refractivity contribution in [3.63, 3.8) is 0 Å². The number of hydrogen-bond donors (Lipinski definition) is 0. The topological polar surface area (TPSA) is 60.5 Å². The summed E-state index contributed by atoms with van der Waals surface area (Å²) in [7, 11) is 0. The molecular formula is C20H18FN3O3. The molecule has 1 aromatic carbocycles. The quantitative estimate of drug-likeness (QED) is 0.698. The van der Waals surface area contributed by atoms with Crippen molar-refractivity contribution in [1.82, 2.24) is 14.5 Å². The van der Waals surface area contributed by atoms with Crippen LogP contribution in [0.25, 0.3) is 11.3 Å². The molecule has 2 aliphatic heterocycles. The number of fused-ring (bicyclic) bond motifs is 1. The second kappa shape index (κ2) is 6.06. The molecule has 0 N–H and O–H groups in total. The molecule has 2 aromatic heterocycles. The molecule has 1 spiro atoms. The summed E-state index contributed by atoms with van der Waals surface area (Å²) in [5, 5.41) is 0. The van der Waals surface area contributed by atoms with Gasteiger partial charge in [-0.2, -0.15) is 0 Å². The molecule has 1 amide bonds. The van der Waals surface area contributed by atoms with E-state index in [1.807, 2.05) is 6.07 Å². The number of carbonyl (C=O) groups excluding carboxylic acids is 1. The van der Waals surface area contributed by atoms with E-state index in [0.29, 0.717) is 31.8 Å². The van der Waals surface area contributed by atoms with Gasteiger partial charge in [0.2, 0.25) is 0 Å². The Balaban J connectivity index is 1.41. The second-order valence-electron chi connectivity index (χ2n) is 7.12. The van der Waals surface area contributed by atoms with Crippen molar-refractivity contribution in [3.05, 3.63) is 66.3 Å². The van der Waals surface area contributed by atoms with Crippen LogP contribution in [0.5, 0.6) is 0 Å². The summed E-state index contributed by atoms with van der Waals surface area (Å²) in [6.45, 7) is 2.10. The van der Waals surface area contributed by atoms with Gasteiger partial charge in [-0.25, -0.2) is 9.37 Å². The summed E-state index contributed by atoms with van der Waals surface area (Å²) in [5.41, 5.74) is 1.75. The standard InChI is InChI=1S/C20H18FN3O3/c21-16-3-1-2-14(8-16)17-9-22-18-11-27-20(13-24(17)18)5-6-23(12-20)19(25)15-4-7-26-10-15/h1-4,7-10H,5-6,11-13H2/t20-/m0/s1. The molecule has 1 atom stereocenters. The molecule has 4 heterocycles. The first-order chi connectivity index (χ1) is 13.1. The predicted octanol–water partition coefficient (Wildman–Crippen LogP) is 3.10. The summed E-state index contributed by atoms with van der Waals surface area (Å²) >= 11 is 0. The summed E-state index contributed by atoms with van der Waals surface area (Å²) in [6, 6.07) is 8.18. The van der Waals surface area contributed by atoms with E-state index in [1.54, 1.807) is 23.2 Å². The molecule has 0 aliphatic carbocycles. The number of imidazole rings is 1. The minimum Gasteiger partial charge on any atom is -0.472 e. The maximum atomic E-state index is 13.7. The number of likely N-dealkylation sites (tertiary alicyclic amines) is 1. The Morgan fingerprint density at radius 3 is 3.00 bits per heavy atom. The lowest BCUT2D eigenvalue weighted by Gasteiger charge is -2.35. The fraction of sp³-hybridized carbons (Fsp3) is 0.300. The van der Waals surface area contributed by atoms with Crippen LogP contribution in [0.3, 0.4) is 0 Å². The molecule has 1 saturated heterocycles. The number of amides is 1. The number of rotatable bonds is 2. The average molecular weight is 367 g/mol. The summed E-state index contributed by atoms with van der Waals surface area (Å²) in [4.78, 5) is 18.8. The molecule has 2 aliphatic rings. The molecule has 6 nitrogen and oxygen atoms in total. The van der Waals surface area contributed by atoms with Crippen molar-refractivity contribution in [2.24, 2.45) is 0 Å². The maximum absolute atomic E-state index is 13.7. The van der Waals surface area contributed by atoms with E-state index in [-0.39, 0.29) is 11.7 Å². The van der Waals surface area contributed by atoms with Crippen LogP contribution in [0.4, 0.5) is 4.39 Å². The van der Waals surface area contributed by atoms with E-state index < -0.39 is 5.60 Å². The first-order valence-electron chi connectivity index (χ1n) is 8.89. The molecule has 0 saturated carbocycles. The number of ether oxygens (including phenoxy) is 1. The van der Waals surface area contributed by atoms with Crippen LogP contribution < -0.4 is 0 Å². The van der Waals surface area contributed by atoms with Crippen LogP contribution in [-0.2, 0) is 17.9 Å². The van der Waals surface area contributed by atoms with E-state index in [9.17, 15) is 9.18 Å². The highest BCUT2D eigenvalue weighted by molar-refractivity contribution is 5.94. The van der Waals surface area contributed by atoms with E-state index in [4.69, 9.17) is 9.15 Å². The predicted molar refractivity (Wildman–Crippen MR) is 94.4 cm³/mol. The van der Waals surface area contributed by atoms with Crippen molar-refractivity contribution in [3.8, 4) is 11.3 Å². The minimum absolute atomic E-state index is 0.0500. The lowest BCUT2D eigenvalue weighted by atomic mass is 10.0. The monoisotopic (exact) mass is 367 g/mol. The Kier molecular flexibility index (Phi) is 3.65. The number of carbonyl (C=O) groups is 1. The normalized spacial score (nSPS) is 21.6. The molecule has 27 heavy (non-hydrogen) atoms. The fourth-order valence-corrected chi connectivity index (χ4v) is 3.97. The summed E-state index contributed by atoms with van der Waals surface area (Å²) < 4.78 is 26.9. The van der Waals surface area contributed by atoms with Gasteiger partial charge in [-0.1, -0.05) is 12.1 Å². The van der Waals surface area contributed by atoms with Gasteiger partial charge in [-0.3, -0.25) is 4.79 Å². The van der Waals surface area contributed by atoms with Gasteiger partial charge >= 0.3 is 0 Å². The number of hydrogen-bond acceptors (Lipinski definition) is 4. The number of aromatic nitrogens is 2. The Morgan fingerprint density at radius 1 is 1.26 bits per heavy atom. The highest BCUT2D eigenvalue weighted by Gasteiger charge is 2.44. The molecule has 7 heteroatoms. The van der Waals surface area contributed by atoms with Gasteiger partial charge in [-0.05, 0) is 24.6 Å². The molecule has 0 radical (unpaired) electrons. The Labute approximate surface area is 155 Å². The van der Waals surface area contributed by atoms with Crippen LogP contribution in [0.15, 0.2) is 53.5 Å². The summed E-state index contributed by atoms with van der Waals surface area (Å²) in [6.07, 6.45) is 5.47. The highest BCUT2D eigenvalue weighted by Crippen LogP contribution is 2.35. The largest absolute Gasteiger partial charge is 0.472 e. The third kappa shape index (κ3) is 2.75. The van der Waals surface area contributed by atoms with Crippen molar-refractivity contribution < 1.29 is 18.3 Å². The van der Waals surface area contributed by atoms with Gasteiger partial charge in [0, 0.05) is 12.1 Å². The first-order valence-corrected chi connectivity index (χ1v) is 8.89. The van der Waals surface area contributed by atoms with Crippen molar-refractivity contribution in [2.75, 3.05) is 13.1 Å². The van der Waals surface area contributed by atoms with E-state index in [1.165, 1.54) is 24.7 Å². The molecule has 0 unspecified atom stereocenters. The van der Waals surface area contributed by atoms with Gasteiger partial charge in [0.1, 0.15) is 30.1 Å². The van der Waals surface area contributed by atoms with Crippen molar-refractivity contribution in [2.45, 2.75) is 25.2 Å². The maximum Gasteiger partial charge on any atom is 0.257 e. The third-order valence-electron chi connectivity index (χ3n) is 5.38. The second-order valence-corrected chi connectivity index (χ2v) is 7.12. The van der Waals surface area contributed by atoms with E-state index in [2.05, 4.69) is 9.55 Å². The molecule has 138 valence electrons. The Hall–Kier alpha value is -2.93. The molecular weight excluding hydrogens is 349 g/mol. The van der Waals surface area contributed by atoms with Crippen LogP contribution in [0.1, 0.15) is 22.6 Å². The smallest absolute Gasteiger partial charge is 0.257 e. The van der Waals surface area contributed by atoms with E-state index in [0.717, 1.165) is 23.5 Å². The van der Waals surface area contributed by atoms with Crippen LogP contribution in [0.2, 0.25) is 0 Å². The highest BCUT2D eigenvalue weighted by atomic mass is 19.1. The Morgan fingerprint density at radius 2 is 2.19 bits per heavy atom.